The number of carbonyl (C=O) groups excluding carboxylic acids is 4. The van der Waals surface area contributed by atoms with Gasteiger partial charge in [-0.1, -0.05) is 13.8 Å². The Morgan fingerprint density at radius 3 is 1.97 bits per heavy atom. The zero-order valence-electron chi connectivity index (χ0n) is 18.5. The van der Waals surface area contributed by atoms with Crippen molar-refractivity contribution in [2.75, 3.05) is 12.3 Å². The van der Waals surface area contributed by atoms with Crippen LogP contribution in [0.15, 0.2) is 0 Å². The quantitative estimate of drug-likeness (QED) is 0.0902. The molecule has 0 radical (unpaired) electrons. The molecule has 4 unspecified atom stereocenters. The fourth-order valence-electron chi connectivity index (χ4n) is 2.72. The molecule has 184 valence electrons. The van der Waals surface area contributed by atoms with Crippen LogP contribution in [0.4, 0.5) is 0 Å². The van der Waals surface area contributed by atoms with Crippen LogP contribution in [0.5, 0.6) is 0 Å². The molecular weight excluding hydrogens is 440 g/mol. The highest BCUT2D eigenvalue weighted by atomic mass is 32.1. The summed E-state index contributed by atoms with van der Waals surface area (Å²) in [4.78, 5) is 60.2. The van der Waals surface area contributed by atoms with E-state index in [4.69, 9.17) is 17.2 Å². The number of carbonyl (C=O) groups is 5. The van der Waals surface area contributed by atoms with Crippen LogP contribution >= 0.6 is 12.6 Å². The Kier molecular flexibility index (Phi) is 14.3. The molecule has 0 aliphatic heterocycles. The van der Waals surface area contributed by atoms with Crippen LogP contribution in [0.25, 0.3) is 0 Å². The number of thiol groups is 1. The topological polar surface area (TPSA) is 220 Å². The molecule has 4 atom stereocenters. The normalized spacial score (nSPS) is 14.7. The number of carboxylic acid groups (broad SMARTS) is 1. The predicted molar refractivity (Wildman–Crippen MR) is 121 cm³/mol. The minimum absolute atomic E-state index is 0.0355. The molecule has 0 aliphatic carbocycles. The van der Waals surface area contributed by atoms with Gasteiger partial charge in [0.1, 0.15) is 18.1 Å². The van der Waals surface area contributed by atoms with Crippen LogP contribution in [0.3, 0.4) is 0 Å². The van der Waals surface area contributed by atoms with Crippen LogP contribution in [0.2, 0.25) is 0 Å². The van der Waals surface area contributed by atoms with E-state index in [1.807, 2.05) is 0 Å². The smallest absolute Gasteiger partial charge is 0.326 e. The van der Waals surface area contributed by atoms with E-state index in [1.165, 1.54) is 0 Å². The predicted octanol–water partition coefficient (Wildman–Crippen LogP) is -2.17. The number of aliphatic carboxylic acids is 1. The Morgan fingerprint density at radius 2 is 1.50 bits per heavy atom. The highest BCUT2D eigenvalue weighted by Gasteiger charge is 2.31. The van der Waals surface area contributed by atoms with Gasteiger partial charge in [0.05, 0.1) is 6.04 Å². The maximum absolute atomic E-state index is 12.8. The largest absolute Gasteiger partial charge is 0.480 e. The average Bonchev–Trinajstić information content (AvgIpc) is 2.72. The lowest BCUT2D eigenvalue weighted by molar-refractivity contribution is -0.142. The fourth-order valence-corrected chi connectivity index (χ4v) is 2.88. The van der Waals surface area contributed by atoms with Gasteiger partial charge in [-0.05, 0) is 38.1 Å². The molecule has 13 heteroatoms. The standard InChI is InChI=1S/C19H36N6O6S/c1-10(2)15(18(29)24-13(19(30)31)5-3-4-8-20)25-17(28)12(6-7-14(22)26)23-16(27)11(21)9-32/h10-13,15,32H,3-9,20-21H2,1-2H3,(H2,22,26)(H,23,27)(H,24,29)(H,25,28)(H,30,31). The van der Waals surface area contributed by atoms with Crippen LogP contribution in [-0.4, -0.2) is 71.2 Å². The summed E-state index contributed by atoms with van der Waals surface area (Å²) in [7, 11) is 0. The van der Waals surface area contributed by atoms with Crippen molar-refractivity contribution in [1.82, 2.24) is 16.0 Å². The third-order valence-electron chi connectivity index (χ3n) is 4.65. The Hall–Kier alpha value is -2.38. The number of primary amides is 1. The van der Waals surface area contributed by atoms with E-state index in [-0.39, 0.29) is 25.0 Å². The van der Waals surface area contributed by atoms with Crippen molar-refractivity contribution >= 4 is 42.2 Å². The van der Waals surface area contributed by atoms with Crippen molar-refractivity contribution < 1.29 is 29.1 Å². The zero-order chi connectivity index (χ0) is 24.8. The minimum atomic E-state index is -1.20. The third-order valence-corrected chi connectivity index (χ3v) is 5.05. The molecule has 0 aromatic rings. The zero-order valence-corrected chi connectivity index (χ0v) is 19.4. The molecule has 0 bridgehead atoms. The Bertz CT molecular complexity index is 662. The Balaban J connectivity index is 5.36. The molecule has 0 aliphatic rings. The molecule has 12 nitrogen and oxygen atoms in total. The SMILES string of the molecule is CC(C)C(NC(=O)C(CCC(N)=O)NC(=O)C(N)CS)C(=O)NC(CCCCN)C(=O)O. The van der Waals surface area contributed by atoms with Crippen LogP contribution in [0.1, 0.15) is 46.0 Å². The highest BCUT2D eigenvalue weighted by molar-refractivity contribution is 7.80. The lowest BCUT2D eigenvalue weighted by Crippen LogP contribution is -2.58. The maximum Gasteiger partial charge on any atom is 0.326 e. The van der Waals surface area contributed by atoms with Gasteiger partial charge in [-0.15, -0.1) is 0 Å². The molecule has 0 aromatic heterocycles. The van der Waals surface area contributed by atoms with Crippen LogP contribution < -0.4 is 33.2 Å². The van der Waals surface area contributed by atoms with E-state index in [2.05, 4.69) is 28.6 Å². The lowest BCUT2D eigenvalue weighted by Gasteiger charge is -2.27. The molecule has 0 heterocycles. The fraction of sp³-hybridized carbons (Fsp3) is 0.737. The number of carboxylic acids is 1. The number of rotatable bonds is 16. The van der Waals surface area contributed by atoms with Crippen molar-refractivity contribution in [3.8, 4) is 0 Å². The first kappa shape index (κ1) is 29.6. The van der Waals surface area contributed by atoms with Gasteiger partial charge in [-0.3, -0.25) is 19.2 Å². The third kappa shape index (κ3) is 11.3. The highest BCUT2D eigenvalue weighted by Crippen LogP contribution is 2.08. The summed E-state index contributed by atoms with van der Waals surface area (Å²) < 4.78 is 0. The molecule has 32 heavy (non-hydrogen) atoms. The molecule has 0 saturated carbocycles. The lowest BCUT2D eigenvalue weighted by atomic mass is 10.0. The van der Waals surface area contributed by atoms with Gasteiger partial charge in [-0.2, -0.15) is 12.6 Å². The average molecular weight is 477 g/mol. The van der Waals surface area contributed by atoms with Gasteiger partial charge in [0.15, 0.2) is 0 Å². The first-order valence-corrected chi connectivity index (χ1v) is 11.1. The first-order chi connectivity index (χ1) is 14.9. The van der Waals surface area contributed by atoms with Gasteiger partial charge in [0.25, 0.3) is 0 Å². The van der Waals surface area contributed by atoms with Crippen LogP contribution in [0, 0.1) is 5.92 Å². The van der Waals surface area contributed by atoms with Crippen molar-refractivity contribution in [3.63, 3.8) is 0 Å². The molecule has 10 N–H and O–H groups in total. The van der Waals surface area contributed by atoms with Crippen LogP contribution in [-0.2, 0) is 24.0 Å². The molecular formula is C19H36N6O6S. The second kappa shape index (κ2) is 15.4. The number of amides is 4. The summed E-state index contributed by atoms with van der Waals surface area (Å²) in [6.07, 6.45) is 1.03. The second-order valence-electron chi connectivity index (χ2n) is 7.77. The molecule has 0 aromatic carbocycles. The molecule has 4 amide bonds. The Morgan fingerprint density at radius 1 is 0.906 bits per heavy atom. The maximum atomic E-state index is 12.8. The summed E-state index contributed by atoms with van der Waals surface area (Å²) in [5.74, 6) is -4.29. The summed E-state index contributed by atoms with van der Waals surface area (Å²) in [6.45, 7) is 3.74. The van der Waals surface area contributed by atoms with Gasteiger partial charge >= 0.3 is 5.97 Å². The number of hydrogen-bond donors (Lipinski definition) is 8. The summed E-state index contributed by atoms with van der Waals surface area (Å²) in [5.41, 5.74) is 16.2. The van der Waals surface area contributed by atoms with E-state index < -0.39 is 59.7 Å². The number of nitrogens with two attached hydrogens (primary N) is 3. The number of nitrogens with one attached hydrogen (secondary N) is 3. The van der Waals surface area contributed by atoms with Gasteiger partial charge in [-0.25, -0.2) is 4.79 Å². The van der Waals surface area contributed by atoms with Crippen molar-refractivity contribution in [2.24, 2.45) is 23.1 Å². The summed E-state index contributed by atoms with van der Waals surface area (Å²) in [6, 6.07) is -4.36. The minimum Gasteiger partial charge on any atom is -0.480 e. The van der Waals surface area contributed by atoms with Crippen molar-refractivity contribution in [1.29, 1.82) is 0 Å². The van der Waals surface area contributed by atoms with E-state index in [1.54, 1.807) is 13.8 Å². The van der Waals surface area contributed by atoms with Crippen molar-refractivity contribution in [3.05, 3.63) is 0 Å². The van der Waals surface area contributed by atoms with E-state index in [0.29, 0.717) is 19.4 Å². The molecule has 0 fully saturated rings. The van der Waals surface area contributed by atoms with E-state index >= 15 is 0 Å². The number of unbranched alkanes of at least 4 members (excludes halogenated alkanes) is 1. The molecule has 0 rings (SSSR count). The van der Waals surface area contributed by atoms with Gasteiger partial charge in [0.2, 0.25) is 23.6 Å². The second-order valence-corrected chi connectivity index (χ2v) is 8.13. The molecule has 0 spiro atoms. The molecule has 0 saturated heterocycles. The van der Waals surface area contributed by atoms with Gasteiger partial charge < -0.3 is 38.3 Å². The first-order valence-electron chi connectivity index (χ1n) is 10.4. The monoisotopic (exact) mass is 476 g/mol. The van der Waals surface area contributed by atoms with Crippen molar-refractivity contribution in [2.45, 2.75) is 70.1 Å². The number of hydrogen-bond acceptors (Lipinski definition) is 8. The van der Waals surface area contributed by atoms with Gasteiger partial charge in [0, 0.05) is 12.2 Å². The summed E-state index contributed by atoms with van der Waals surface area (Å²) in [5, 5.41) is 16.8. The summed E-state index contributed by atoms with van der Waals surface area (Å²) >= 11 is 3.93. The van der Waals surface area contributed by atoms with E-state index in [0.717, 1.165) is 0 Å². The van der Waals surface area contributed by atoms with E-state index in [9.17, 15) is 29.1 Å². The Labute approximate surface area is 193 Å².